The van der Waals surface area contributed by atoms with Gasteiger partial charge in [-0.2, -0.15) is 0 Å². The van der Waals surface area contributed by atoms with Gasteiger partial charge in [0.05, 0.1) is 27.9 Å². The molecule has 4 N–H and O–H groups in total. The number of fused-ring (bicyclic) bond motifs is 1. The Bertz CT molecular complexity index is 778. The van der Waals surface area contributed by atoms with Crippen LogP contribution in [0.4, 0.5) is 0 Å². The number of benzene rings is 2. The molecule has 146 valence electrons. The molecule has 1 unspecified atom stereocenters. The van der Waals surface area contributed by atoms with Crippen molar-refractivity contribution in [1.29, 1.82) is 0 Å². The van der Waals surface area contributed by atoms with Gasteiger partial charge in [-0.15, -0.1) is 0 Å². The lowest BCUT2D eigenvalue weighted by atomic mass is 9.86. The summed E-state index contributed by atoms with van der Waals surface area (Å²) in [4.78, 5) is 1.55. The maximum absolute atomic E-state index is 5.58. The van der Waals surface area contributed by atoms with E-state index in [9.17, 15) is 0 Å². The van der Waals surface area contributed by atoms with Gasteiger partial charge in [-0.1, -0.05) is 19.1 Å². The molecule has 0 aliphatic carbocycles. The minimum Gasteiger partial charge on any atom is -0.497 e. The lowest BCUT2D eigenvalue weighted by molar-refractivity contribution is -0.957. The molecule has 1 aliphatic rings. The third kappa shape index (κ3) is 4.04. The van der Waals surface area contributed by atoms with Crippen molar-refractivity contribution in [3.8, 4) is 17.2 Å². The molecule has 0 bridgehead atoms. The van der Waals surface area contributed by atoms with Gasteiger partial charge in [-0.3, -0.25) is 0 Å². The summed E-state index contributed by atoms with van der Waals surface area (Å²) in [5, 5.41) is 0. The van der Waals surface area contributed by atoms with E-state index in [1.54, 1.807) is 26.2 Å². The molecule has 3 rings (SSSR count). The van der Waals surface area contributed by atoms with Gasteiger partial charge in [0.1, 0.15) is 18.3 Å². The lowest BCUT2D eigenvalue weighted by Gasteiger charge is -2.36. The summed E-state index contributed by atoms with van der Waals surface area (Å²) in [6.07, 6.45) is 2.07. The van der Waals surface area contributed by atoms with Crippen molar-refractivity contribution in [1.82, 2.24) is 0 Å². The Kier molecular flexibility index (Phi) is 6.24. The summed E-state index contributed by atoms with van der Waals surface area (Å²) in [5.74, 6) is 2.52. The summed E-state index contributed by atoms with van der Waals surface area (Å²) < 4.78 is 16.5. The largest absolute Gasteiger partial charge is 0.497 e. The minimum absolute atomic E-state index is 0.336. The number of hydrogen-bond acceptors (Lipinski definition) is 3. The normalized spacial score (nSPS) is 19.9. The average Bonchev–Trinajstić information content (AvgIpc) is 2.72. The lowest BCUT2D eigenvalue weighted by Crippen LogP contribution is -3.14. The molecule has 0 radical (unpaired) electrons. The summed E-state index contributed by atoms with van der Waals surface area (Å²) in [6.45, 7) is 4.26. The second kappa shape index (κ2) is 8.63. The van der Waals surface area contributed by atoms with E-state index in [4.69, 9.17) is 14.2 Å². The van der Waals surface area contributed by atoms with Crippen LogP contribution in [0.3, 0.4) is 0 Å². The summed E-state index contributed by atoms with van der Waals surface area (Å²) in [6, 6.07) is 13.4. The van der Waals surface area contributed by atoms with E-state index in [1.165, 1.54) is 16.7 Å². The van der Waals surface area contributed by atoms with Crippen LogP contribution < -0.4 is 24.8 Å². The zero-order valence-corrected chi connectivity index (χ0v) is 16.9. The monoisotopic (exact) mass is 372 g/mol. The molecule has 0 amide bonds. The number of hydrogen-bond donors (Lipinski definition) is 2. The maximum Gasteiger partial charge on any atom is 0.166 e. The fraction of sp³-hybridized carbons (Fsp3) is 0.455. The Morgan fingerprint density at radius 3 is 2.48 bits per heavy atom. The molecule has 0 saturated heterocycles. The Labute approximate surface area is 162 Å². The van der Waals surface area contributed by atoms with Gasteiger partial charge in [0.25, 0.3) is 0 Å². The topological polar surface area (TPSA) is 59.8 Å². The highest BCUT2D eigenvalue weighted by molar-refractivity contribution is 5.49. The van der Waals surface area contributed by atoms with E-state index in [-0.39, 0.29) is 0 Å². The van der Waals surface area contributed by atoms with E-state index in [0.717, 1.165) is 43.2 Å². The van der Waals surface area contributed by atoms with Crippen LogP contribution in [-0.4, -0.2) is 33.9 Å². The Balaban J connectivity index is 1.96. The van der Waals surface area contributed by atoms with E-state index >= 15 is 0 Å². The average molecular weight is 373 g/mol. The predicted molar refractivity (Wildman–Crippen MR) is 105 cm³/mol. The van der Waals surface area contributed by atoms with Crippen LogP contribution in [-0.2, 0) is 13.0 Å². The molecule has 0 saturated carbocycles. The van der Waals surface area contributed by atoms with Gasteiger partial charge >= 0.3 is 0 Å². The smallest absolute Gasteiger partial charge is 0.166 e. The molecule has 3 atom stereocenters. The van der Waals surface area contributed by atoms with Crippen LogP contribution in [0.5, 0.6) is 17.2 Å². The van der Waals surface area contributed by atoms with Gasteiger partial charge in [0, 0.05) is 24.0 Å². The van der Waals surface area contributed by atoms with Gasteiger partial charge in [-0.05, 0) is 29.8 Å². The van der Waals surface area contributed by atoms with Crippen molar-refractivity contribution in [3.05, 3.63) is 53.1 Å². The quantitative estimate of drug-likeness (QED) is 0.773. The SMILES string of the molecule is CC[C@@H]([NH3+])[C@H]1c2cc(OC)c(OC)cc2CC[NH+]1Cc1cccc(OC)c1. The fourth-order valence-corrected chi connectivity index (χ4v) is 4.18. The number of nitrogens with one attached hydrogen (secondary N) is 1. The molecule has 0 aromatic heterocycles. The maximum atomic E-state index is 5.58. The van der Waals surface area contributed by atoms with Crippen LogP contribution >= 0.6 is 0 Å². The third-order valence-corrected chi connectivity index (χ3v) is 5.70. The Hall–Kier alpha value is -2.24. The first-order chi connectivity index (χ1) is 13.1. The molecule has 0 spiro atoms. The number of rotatable bonds is 7. The van der Waals surface area contributed by atoms with E-state index in [2.05, 4.69) is 43.0 Å². The highest BCUT2D eigenvalue weighted by Gasteiger charge is 2.38. The second-order valence-corrected chi connectivity index (χ2v) is 7.24. The van der Waals surface area contributed by atoms with Crippen molar-refractivity contribution in [2.45, 2.75) is 38.4 Å². The third-order valence-electron chi connectivity index (χ3n) is 5.70. The van der Waals surface area contributed by atoms with Gasteiger partial charge < -0.3 is 24.8 Å². The molecule has 2 aromatic carbocycles. The van der Waals surface area contributed by atoms with E-state index in [0.29, 0.717) is 12.1 Å². The first-order valence-corrected chi connectivity index (χ1v) is 9.66. The van der Waals surface area contributed by atoms with Crippen LogP contribution in [0.2, 0.25) is 0 Å². The van der Waals surface area contributed by atoms with Gasteiger partial charge in [0.2, 0.25) is 0 Å². The summed E-state index contributed by atoms with van der Waals surface area (Å²) in [7, 11) is 5.11. The Morgan fingerprint density at radius 1 is 1.07 bits per heavy atom. The molecule has 0 fully saturated rings. The highest BCUT2D eigenvalue weighted by atomic mass is 16.5. The summed E-state index contributed by atoms with van der Waals surface area (Å²) >= 11 is 0. The zero-order valence-electron chi connectivity index (χ0n) is 16.9. The van der Waals surface area contributed by atoms with E-state index in [1.807, 2.05) is 6.07 Å². The van der Waals surface area contributed by atoms with Crippen molar-refractivity contribution >= 4 is 0 Å². The number of ether oxygens (including phenoxy) is 3. The van der Waals surface area contributed by atoms with Crippen LogP contribution in [0.25, 0.3) is 0 Å². The molecule has 2 aromatic rings. The highest BCUT2D eigenvalue weighted by Crippen LogP contribution is 2.35. The fourth-order valence-electron chi connectivity index (χ4n) is 4.18. The zero-order chi connectivity index (χ0) is 19.4. The molecule has 1 aliphatic heterocycles. The molecule has 5 nitrogen and oxygen atoms in total. The first kappa shape index (κ1) is 19.5. The molecular weight excluding hydrogens is 340 g/mol. The first-order valence-electron chi connectivity index (χ1n) is 9.66. The molecule has 1 heterocycles. The molecule has 5 heteroatoms. The van der Waals surface area contributed by atoms with Gasteiger partial charge in [0.15, 0.2) is 17.5 Å². The Morgan fingerprint density at radius 2 is 1.81 bits per heavy atom. The van der Waals surface area contributed by atoms with Crippen molar-refractivity contribution in [2.24, 2.45) is 0 Å². The standard InChI is InChI=1S/C22H30N2O3/c1-5-19(23)22-18-13-21(27-4)20(26-3)12-16(18)9-10-24(22)14-15-7-6-8-17(11-15)25-2/h6-8,11-13,19,22H,5,9-10,14,23H2,1-4H3/p+2/t19-,22-/m1/s1. The van der Waals surface area contributed by atoms with Crippen LogP contribution in [0, 0.1) is 0 Å². The van der Waals surface area contributed by atoms with Crippen LogP contribution in [0.15, 0.2) is 36.4 Å². The molecule has 27 heavy (non-hydrogen) atoms. The predicted octanol–water partition coefficient (Wildman–Crippen LogP) is 1.42. The summed E-state index contributed by atoms with van der Waals surface area (Å²) in [5.41, 5.74) is 8.48. The molecular formula is C22H32N2O3+2. The van der Waals surface area contributed by atoms with Crippen molar-refractivity contribution in [3.63, 3.8) is 0 Å². The second-order valence-electron chi connectivity index (χ2n) is 7.24. The van der Waals surface area contributed by atoms with Crippen molar-refractivity contribution < 1.29 is 24.8 Å². The van der Waals surface area contributed by atoms with Gasteiger partial charge in [-0.25, -0.2) is 0 Å². The number of methoxy groups -OCH3 is 3. The van der Waals surface area contributed by atoms with E-state index < -0.39 is 0 Å². The number of quaternary nitrogens is 2. The van der Waals surface area contributed by atoms with Crippen LogP contribution in [0.1, 0.15) is 36.1 Å². The minimum atomic E-state index is 0.336. The van der Waals surface area contributed by atoms with Crippen molar-refractivity contribution in [2.75, 3.05) is 27.9 Å².